The van der Waals surface area contributed by atoms with Gasteiger partial charge in [0, 0.05) is 10.7 Å². The average molecular weight is 409 g/mol. The Kier molecular flexibility index (Phi) is 6.18. The Hall–Kier alpha value is -2.03. The predicted molar refractivity (Wildman–Crippen MR) is 106 cm³/mol. The van der Waals surface area contributed by atoms with E-state index in [0.29, 0.717) is 22.4 Å². The standard InChI is InChI=1S/C17H17ClN4O2S2/c1-10-13(18)6-3-7-14(10)20-15(23)11(2)25-17-22-21-16(26-17)19-9-12-5-4-8-24-12/h3-8,11H,9H2,1-2H3,(H,19,21)(H,20,23)/t11-/m1/s1. The van der Waals surface area contributed by atoms with Crippen LogP contribution in [-0.4, -0.2) is 21.4 Å². The van der Waals surface area contributed by atoms with Crippen LogP contribution in [-0.2, 0) is 11.3 Å². The monoisotopic (exact) mass is 408 g/mol. The van der Waals surface area contributed by atoms with Crippen molar-refractivity contribution in [2.45, 2.75) is 30.0 Å². The third-order valence-electron chi connectivity index (χ3n) is 3.57. The van der Waals surface area contributed by atoms with Gasteiger partial charge in [0.1, 0.15) is 5.76 Å². The molecule has 9 heteroatoms. The quantitative estimate of drug-likeness (QED) is 0.545. The molecular weight excluding hydrogens is 392 g/mol. The van der Waals surface area contributed by atoms with Gasteiger partial charge in [0.25, 0.3) is 0 Å². The number of carbonyl (C=O) groups excluding carboxylic acids is 1. The summed E-state index contributed by atoms with van der Waals surface area (Å²) in [6.45, 7) is 4.24. The number of benzene rings is 1. The number of hydrogen-bond donors (Lipinski definition) is 2. The molecule has 26 heavy (non-hydrogen) atoms. The second kappa shape index (κ2) is 8.57. The first-order valence-corrected chi connectivity index (χ1v) is 9.92. The Balaban J connectivity index is 1.54. The van der Waals surface area contributed by atoms with Crippen molar-refractivity contribution in [2.24, 2.45) is 0 Å². The molecule has 1 aromatic carbocycles. The Labute approximate surface area is 164 Å². The second-order valence-electron chi connectivity index (χ2n) is 5.47. The van der Waals surface area contributed by atoms with Crippen LogP contribution in [0.3, 0.4) is 0 Å². The van der Waals surface area contributed by atoms with Crippen LogP contribution in [0.5, 0.6) is 0 Å². The number of nitrogens with zero attached hydrogens (tertiary/aromatic N) is 2. The summed E-state index contributed by atoms with van der Waals surface area (Å²) >= 11 is 8.85. The maximum Gasteiger partial charge on any atom is 0.237 e. The van der Waals surface area contributed by atoms with E-state index < -0.39 is 0 Å². The van der Waals surface area contributed by atoms with E-state index >= 15 is 0 Å². The molecule has 0 fully saturated rings. The molecule has 3 aromatic rings. The number of rotatable bonds is 7. The van der Waals surface area contributed by atoms with Gasteiger partial charge in [-0.15, -0.1) is 10.2 Å². The zero-order valence-corrected chi connectivity index (χ0v) is 16.5. The highest BCUT2D eigenvalue weighted by molar-refractivity contribution is 8.02. The molecule has 2 aromatic heterocycles. The number of nitrogens with one attached hydrogen (secondary N) is 2. The molecule has 0 spiro atoms. The van der Waals surface area contributed by atoms with Gasteiger partial charge < -0.3 is 15.1 Å². The van der Waals surface area contributed by atoms with Crippen LogP contribution in [0.15, 0.2) is 45.4 Å². The van der Waals surface area contributed by atoms with Crippen LogP contribution >= 0.6 is 34.7 Å². The van der Waals surface area contributed by atoms with E-state index in [1.807, 2.05) is 38.1 Å². The van der Waals surface area contributed by atoms with E-state index in [9.17, 15) is 4.79 Å². The lowest BCUT2D eigenvalue weighted by molar-refractivity contribution is -0.115. The van der Waals surface area contributed by atoms with Crippen molar-refractivity contribution >= 4 is 51.4 Å². The van der Waals surface area contributed by atoms with Crippen LogP contribution in [0.4, 0.5) is 10.8 Å². The van der Waals surface area contributed by atoms with Crippen LogP contribution in [0, 0.1) is 6.92 Å². The highest BCUT2D eigenvalue weighted by Crippen LogP contribution is 2.30. The molecule has 136 valence electrons. The maximum absolute atomic E-state index is 12.4. The normalized spacial score (nSPS) is 12.0. The fourth-order valence-corrected chi connectivity index (χ4v) is 4.15. The van der Waals surface area contributed by atoms with Gasteiger partial charge in [0.15, 0.2) is 4.34 Å². The summed E-state index contributed by atoms with van der Waals surface area (Å²) in [4.78, 5) is 12.4. The van der Waals surface area contributed by atoms with Crippen molar-refractivity contribution in [1.82, 2.24) is 10.2 Å². The van der Waals surface area contributed by atoms with E-state index in [1.54, 1.807) is 12.3 Å². The Morgan fingerprint density at radius 3 is 2.96 bits per heavy atom. The maximum atomic E-state index is 12.4. The molecule has 1 amide bonds. The number of furan rings is 1. The molecular formula is C17H17ClN4O2S2. The van der Waals surface area contributed by atoms with Gasteiger partial charge in [-0.1, -0.05) is 40.8 Å². The minimum absolute atomic E-state index is 0.110. The highest BCUT2D eigenvalue weighted by atomic mass is 35.5. The van der Waals surface area contributed by atoms with Crippen LogP contribution < -0.4 is 10.6 Å². The summed E-state index contributed by atoms with van der Waals surface area (Å²) in [6, 6.07) is 9.15. The molecule has 2 N–H and O–H groups in total. The van der Waals surface area contributed by atoms with E-state index in [4.69, 9.17) is 16.0 Å². The number of aromatic nitrogens is 2. The van der Waals surface area contributed by atoms with Gasteiger partial charge >= 0.3 is 0 Å². The fraction of sp³-hybridized carbons (Fsp3) is 0.235. The highest BCUT2D eigenvalue weighted by Gasteiger charge is 2.18. The summed E-state index contributed by atoms with van der Waals surface area (Å²) in [5.41, 5.74) is 1.56. The van der Waals surface area contributed by atoms with Crippen LogP contribution in [0.2, 0.25) is 5.02 Å². The molecule has 0 bridgehead atoms. The van der Waals surface area contributed by atoms with E-state index in [2.05, 4.69) is 20.8 Å². The molecule has 0 aliphatic heterocycles. The molecule has 0 saturated carbocycles. The second-order valence-corrected chi connectivity index (χ2v) is 8.44. The summed E-state index contributed by atoms with van der Waals surface area (Å²) < 4.78 is 5.98. The Morgan fingerprint density at radius 2 is 2.19 bits per heavy atom. The van der Waals surface area contributed by atoms with Crippen molar-refractivity contribution < 1.29 is 9.21 Å². The largest absolute Gasteiger partial charge is 0.467 e. The zero-order chi connectivity index (χ0) is 18.5. The van der Waals surface area contributed by atoms with Crippen LogP contribution in [0.1, 0.15) is 18.2 Å². The first-order valence-electron chi connectivity index (χ1n) is 7.85. The molecule has 3 rings (SSSR count). The van der Waals surface area contributed by atoms with Gasteiger partial charge in [-0.25, -0.2) is 0 Å². The fourth-order valence-electron chi connectivity index (χ4n) is 2.09. The van der Waals surface area contributed by atoms with Crippen molar-refractivity contribution in [2.75, 3.05) is 10.6 Å². The number of amides is 1. The minimum atomic E-state index is -0.320. The number of thioether (sulfide) groups is 1. The minimum Gasteiger partial charge on any atom is -0.467 e. The first-order chi connectivity index (χ1) is 12.5. The van der Waals surface area contributed by atoms with E-state index in [0.717, 1.165) is 15.7 Å². The molecule has 0 aliphatic rings. The summed E-state index contributed by atoms with van der Waals surface area (Å²) in [5.74, 6) is 0.708. The molecule has 0 radical (unpaired) electrons. The average Bonchev–Trinajstić information content (AvgIpc) is 3.28. The van der Waals surface area contributed by atoms with Gasteiger partial charge in [0.05, 0.1) is 18.1 Å². The number of anilines is 2. The number of halogens is 1. The molecule has 0 saturated heterocycles. The molecule has 6 nitrogen and oxygen atoms in total. The lowest BCUT2D eigenvalue weighted by Gasteiger charge is -2.12. The van der Waals surface area contributed by atoms with Gasteiger partial charge in [-0.05, 0) is 43.7 Å². The number of carbonyl (C=O) groups is 1. The summed E-state index contributed by atoms with van der Waals surface area (Å²) in [5, 5.41) is 15.2. The summed E-state index contributed by atoms with van der Waals surface area (Å²) in [7, 11) is 0. The zero-order valence-electron chi connectivity index (χ0n) is 14.2. The number of hydrogen-bond acceptors (Lipinski definition) is 7. The molecule has 0 unspecified atom stereocenters. The molecule has 0 aliphatic carbocycles. The van der Waals surface area contributed by atoms with Crippen molar-refractivity contribution in [3.63, 3.8) is 0 Å². The topological polar surface area (TPSA) is 80.0 Å². The van der Waals surface area contributed by atoms with Gasteiger partial charge in [0.2, 0.25) is 11.0 Å². The van der Waals surface area contributed by atoms with Gasteiger partial charge in [-0.3, -0.25) is 4.79 Å². The third kappa shape index (κ3) is 4.78. The Bertz CT molecular complexity index is 883. The van der Waals surface area contributed by atoms with Gasteiger partial charge in [-0.2, -0.15) is 0 Å². The van der Waals surface area contributed by atoms with Crippen molar-refractivity contribution in [3.8, 4) is 0 Å². The van der Waals surface area contributed by atoms with Crippen LogP contribution in [0.25, 0.3) is 0 Å². The molecule has 2 heterocycles. The first kappa shape index (κ1) is 18.8. The van der Waals surface area contributed by atoms with E-state index in [1.165, 1.54) is 23.1 Å². The third-order valence-corrected chi connectivity index (χ3v) is 6.05. The van der Waals surface area contributed by atoms with E-state index in [-0.39, 0.29) is 11.2 Å². The molecule has 1 atom stereocenters. The van der Waals surface area contributed by atoms with Crippen molar-refractivity contribution in [1.29, 1.82) is 0 Å². The van der Waals surface area contributed by atoms with Crippen molar-refractivity contribution in [3.05, 3.63) is 52.9 Å². The lowest BCUT2D eigenvalue weighted by Crippen LogP contribution is -2.22. The predicted octanol–water partition coefficient (Wildman–Crippen LogP) is 4.82. The SMILES string of the molecule is Cc1c(Cl)cccc1NC(=O)[C@@H](C)Sc1nnc(NCc2ccco2)s1. The summed E-state index contributed by atoms with van der Waals surface area (Å²) in [6.07, 6.45) is 1.63. The lowest BCUT2D eigenvalue weighted by atomic mass is 10.2. The Morgan fingerprint density at radius 1 is 1.35 bits per heavy atom. The smallest absolute Gasteiger partial charge is 0.237 e.